The van der Waals surface area contributed by atoms with Gasteiger partial charge in [-0.1, -0.05) is 90.1 Å². The minimum atomic E-state index is -2.41. The molecule has 0 aliphatic carbocycles. The van der Waals surface area contributed by atoms with Crippen LogP contribution in [0.25, 0.3) is 0 Å². The molecule has 4 rings (SSSR count). The lowest BCUT2D eigenvalue weighted by Gasteiger charge is -2.47. The molecule has 0 saturated heterocycles. The summed E-state index contributed by atoms with van der Waals surface area (Å²) in [6.07, 6.45) is 1.08. The van der Waals surface area contributed by atoms with Gasteiger partial charge in [0.1, 0.15) is 23.0 Å². The van der Waals surface area contributed by atoms with Crippen LogP contribution in [-0.2, 0) is 8.85 Å². The van der Waals surface area contributed by atoms with Crippen LogP contribution < -0.4 is 40.2 Å². The lowest BCUT2D eigenvalue weighted by Crippen LogP contribution is -2.54. The van der Waals surface area contributed by atoms with Gasteiger partial charge in [0.15, 0.2) is 16.6 Å². The largest absolute Gasteiger partial charge is 0.496 e. The Morgan fingerprint density at radius 1 is 0.403 bits per heavy atom. The molecule has 0 N–H and O–H groups in total. The molecule has 0 amide bonds. The predicted octanol–water partition coefficient (Wildman–Crippen LogP) is 12.5. The van der Waals surface area contributed by atoms with Gasteiger partial charge < -0.3 is 27.8 Å². The highest BCUT2D eigenvalue weighted by atomic mass is 31.1. The summed E-state index contributed by atoms with van der Waals surface area (Å²) >= 11 is 0. The van der Waals surface area contributed by atoms with Crippen molar-refractivity contribution in [3.8, 4) is 23.0 Å². The molecule has 0 fully saturated rings. The summed E-state index contributed by atoms with van der Waals surface area (Å²) in [7, 11) is 0.297. The highest BCUT2D eigenvalue weighted by Gasteiger charge is 2.47. The quantitative estimate of drug-likeness (QED) is 0.0777. The summed E-state index contributed by atoms with van der Waals surface area (Å²) in [5, 5.41) is 5.12. The molecule has 0 spiro atoms. The van der Waals surface area contributed by atoms with E-state index in [-0.39, 0.29) is 22.3 Å². The first-order chi connectivity index (χ1) is 28.7. The maximum absolute atomic E-state index is 7.95. The van der Waals surface area contributed by atoms with Crippen molar-refractivity contribution >= 4 is 53.7 Å². The third-order valence-corrected chi connectivity index (χ3v) is 28.6. The van der Waals surface area contributed by atoms with E-state index in [2.05, 4.69) is 172 Å². The summed E-state index contributed by atoms with van der Waals surface area (Å²) in [6, 6.07) is 18.3. The van der Waals surface area contributed by atoms with E-state index in [1.54, 1.807) is 28.4 Å². The Morgan fingerprint density at radius 3 is 0.790 bits per heavy atom. The van der Waals surface area contributed by atoms with E-state index >= 15 is 0 Å². The van der Waals surface area contributed by atoms with Crippen molar-refractivity contribution in [1.29, 1.82) is 0 Å². The van der Waals surface area contributed by atoms with Crippen molar-refractivity contribution in [3.63, 3.8) is 0 Å². The molecular formula is C52H80O6P2Si2. The molecule has 2 atom stereocenters. The fraction of sp³-hybridized carbons (Fsp3) is 0.538. The average Bonchev–Trinajstić information content (AvgIpc) is 3.16. The fourth-order valence-corrected chi connectivity index (χ4v) is 16.9. The van der Waals surface area contributed by atoms with E-state index in [0.29, 0.717) is 0 Å². The number of aryl methyl sites for hydroxylation is 4. The summed E-state index contributed by atoms with van der Waals surface area (Å²) < 4.78 is 40.4. The van der Waals surface area contributed by atoms with Gasteiger partial charge in [-0.15, -0.1) is 0 Å². The van der Waals surface area contributed by atoms with Crippen LogP contribution in [-0.4, -0.2) is 69.6 Å². The van der Waals surface area contributed by atoms with Gasteiger partial charge in [0, 0.05) is 12.3 Å². The molecule has 4 aromatic rings. The molecule has 0 aliphatic rings. The second-order valence-electron chi connectivity index (χ2n) is 20.3. The maximum Gasteiger partial charge on any atom is 0.192 e. The molecular weight excluding hydrogens is 839 g/mol. The van der Waals surface area contributed by atoms with Gasteiger partial charge in [-0.05, 0) is 173 Å². The molecule has 0 aromatic heterocycles. The van der Waals surface area contributed by atoms with Crippen LogP contribution in [0.5, 0.6) is 23.0 Å². The molecule has 4 aromatic carbocycles. The van der Waals surface area contributed by atoms with Crippen molar-refractivity contribution in [2.45, 2.75) is 145 Å². The van der Waals surface area contributed by atoms with Crippen LogP contribution in [0.4, 0.5) is 0 Å². The van der Waals surface area contributed by atoms with Crippen LogP contribution in [0.1, 0.15) is 86.1 Å². The molecule has 10 heteroatoms. The first kappa shape index (κ1) is 51.9. The lowest BCUT2D eigenvalue weighted by atomic mass is 10.1. The highest BCUT2D eigenvalue weighted by molar-refractivity contribution is 7.73. The number of benzene rings is 4. The van der Waals surface area contributed by atoms with Crippen LogP contribution >= 0.6 is 15.8 Å². The zero-order valence-electron chi connectivity index (χ0n) is 42.5. The Bertz CT molecular complexity index is 1930. The third kappa shape index (κ3) is 10.9. The number of methoxy groups -OCH3 is 4. The topological polar surface area (TPSA) is 55.4 Å². The summed E-state index contributed by atoms with van der Waals surface area (Å²) in [6.45, 7) is 41.2. The van der Waals surface area contributed by atoms with Gasteiger partial charge in [0.05, 0.1) is 40.6 Å². The van der Waals surface area contributed by atoms with Gasteiger partial charge in [-0.25, -0.2) is 0 Å². The van der Waals surface area contributed by atoms with Crippen molar-refractivity contribution in [2.75, 3.05) is 40.8 Å². The lowest BCUT2D eigenvalue weighted by molar-refractivity contribution is 0.0634. The molecule has 0 heterocycles. The Morgan fingerprint density at radius 2 is 0.613 bits per heavy atom. The molecule has 0 radical (unpaired) electrons. The average molecular weight is 919 g/mol. The van der Waals surface area contributed by atoms with Gasteiger partial charge in [-0.2, -0.15) is 0 Å². The Hall–Kier alpha value is -2.71. The molecule has 0 aliphatic heterocycles. The molecule has 62 heavy (non-hydrogen) atoms. The fourth-order valence-electron chi connectivity index (χ4n) is 8.28. The Kier molecular flexibility index (Phi) is 16.9. The van der Waals surface area contributed by atoms with E-state index in [0.717, 1.165) is 57.6 Å². The number of hydrogen-bond acceptors (Lipinski definition) is 6. The monoisotopic (exact) mass is 918 g/mol. The standard InChI is InChI=1S/C52H80O6P2Si2/c1-33-23-27-43(37(5)47(33)53-15)59(44-28-24-34(2)48(54-16)38(44)6)31-41(57-61(19,20)51(9,10)11)42(58-62(21,22)52(12,13)14)32-60(45-29-25-35(3)49(55-17)39(45)7)46-30-26-36(4)50(56-18)40(46)8/h23-30,41-42H,31-32H2,1-22H3/t41-,42-/m0/s1. The van der Waals surface area contributed by atoms with Crippen LogP contribution in [0.3, 0.4) is 0 Å². The Balaban J connectivity index is 2.16. The van der Waals surface area contributed by atoms with E-state index in [1.165, 1.54) is 43.5 Å². The highest BCUT2D eigenvalue weighted by Crippen LogP contribution is 2.49. The minimum absolute atomic E-state index is 0.0337. The number of hydrogen-bond donors (Lipinski definition) is 0. The van der Waals surface area contributed by atoms with Crippen LogP contribution in [0, 0.1) is 55.4 Å². The van der Waals surface area contributed by atoms with Crippen LogP contribution in [0.2, 0.25) is 36.3 Å². The zero-order valence-corrected chi connectivity index (χ0v) is 46.3. The third-order valence-electron chi connectivity index (χ3n) is 13.9. The van der Waals surface area contributed by atoms with E-state index in [1.807, 2.05) is 0 Å². The molecule has 342 valence electrons. The second-order valence-corrected chi connectivity index (χ2v) is 34.2. The van der Waals surface area contributed by atoms with Gasteiger partial charge in [0.25, 0.3) is 0 Å². The van der Waals surface area contributed by atoms with Crippen molar-refractivity contribution in [3.05, 3.63) is 93.0 Å². The smallest absolute Gasteiger partial charge is 0.192 e. The van der Waals surface area contributed by atoms with E-state index in [4.69, 9.17) is 27.8 Å². The Labute approximate surface area is 382 Å². The molecule has 0 bridgehead atoms. The summed E-state index contributed by atoms with van der Waals surface area (Å²) in [5.74, 6) is 3.77. The van der Waals surface area contributed by atoms with Gasteiger partial charge >= 0.3 is 0 Å². The molecule has 0 unspecified atom stereocenters. The second kappa shape index (κ2) is 20.2. The number of ether oxygens (including phenoxy) is 4. The predicted molar refractivity (Wildman–Crippen MR) is 276 cm³/mol. The van der Waals surface area contributed by atoms with Gasteiger partial charge in [0.2, 0.25) is 0 Å². The van der Waals surface area contributed by atoms with E-state index in [9.17, 15) is 0 Å². The SMILES string of the molecule is COc1c(C)ccc(P(C[C@H](O[Si](C)(C)C(C)(C)C)[C@H](CP(c2ccc(C)c(OC)c2C)c2ccc(C)c(OC)c2C)O[Si](C)(C)C(C)(C)C)c2ccc(C)c(OC)c2C)c1C. The first-order valence-electron chi connectivity index (χ1n) is 22.1. The van der Waals surface area contributed by atoms with Crippen molar-refractivity contribution in [2.24, 2.45) is 0 Å². The number of rotatable bonds is 17. The zero-order chi connectivity index (χ0) is 46.9. The molecule has 0 saturated carbocycles. The van der Waals surface area contributed by atoms with Crippen molar-refractivity contribution < 1.29 is 27.8 Å². The first-order valence-corrected chi connectivity index (χ1v) is 31.0. The van der Waals surface area contributed by atoms with Crippen LogP contribution in [0.15, 0.2) is 48.5 Å². The molecule has 6 nitrogen and oxygen atoms in total. The normalized spacial score (nSPS) is 13.7. The summed E-state index contributed by atoms with van der Waals surface area (Å²) in [4.78, 5) is 0. The maximum atomic E-state index is 7.95. The minimum Gasteiger partial charge on any atom is -0.496 e. The van der Waals surface area contributed by atoms with E-state index < -0.39 is 32.5 Å². The summed E-state index contributed by atoms with van der Waals surface area (Å²) in [5.41, 5.74) is 9.24. The van der Waals surface area contributed by atoms with Crippen molar-refractivity contribution in [1.82, 2.24) is 0 Å². The van der Waals surface area contributed by atoms with Gasteiger partial charge in [-0.3, -0.25) is 0 Å².